The van der Waals surface area contributed by atoms with Gasteiger partial charge in [-0.1, -0.05) is 18.2 Å². The second-order valence-corrected chi connectivity index (χ2v) is 6.95. The van der Waals surface area contributed by atoms with E-state index in [4.69, 9.17) is 0 Å². The minimum atomic E-state index is -4.04. The molecule has 0 aliphatic rings. The number of hydrogen-bond donors (Lipinski definition) is 2. The van der Waals surface area contributed by atoms with Crippen LogP contribution < -0.4 is 10.0 Å². The molecule has 2 N–H and O–H groups in total. The number of esters is 1. The van der Waals surface area contributed by atoms with Gasteiger partial charge in [-0.25, -0.2) is 12.8 Å². The second-order valence-electron chi connectivity index (χ2n) is 5.18. The van der Waals surface area contributed by atoms with Gasteiger partial charge in [0.15, 0.2) is 6.61 Å². The number of ether oxygens (including phenoxy) is 1. The monoisotopic (exact) mass is 394 g/mol. The first-order valence-electron chi connectivity index (χ1n) is 7.58. The van der Waals surface area contributed by atoms with Crippen molar-refractivity contribution in [2.75, 3.05) is 13.2 Å². The first-order valence-corrected chi connectivity index (χ1v) is 9.06. The van der Waals surface area contributed by atoms with Crippen molar-refractivity contribution in [3.05, 3.63) is 66.0 Å². The topological polar surface area (TPSA) is 119 Å². The molecule has 0 saturated carbocycles. The molecule has 0 atom stereocenters. The van der Waals surface area contributed by atoms with Gasteiger partial charge in [-0.05, 0) is 36.4 Å². The molecule has 142 valence electrons. The molecule has 0 saturated heterocycles. The van der Waals surface area contributed by atoms with Crippen molar-refractivity contribution >= 4 is 27.8 Å². The number of rotatable bonds is 7. The molecule has 0 aliphatic heterocycles. The summed E-state index contributed by atoms with van der Waals surface area (Å²) in [6.07, 6.45) is 0. The third-order valence-electron chi connectivity index (χ3n) is 3.18. The number of sulfonamides is 1. The van der Waals surface area contributed by atoms with E-state index in [1.165, 1.54) is 12.1 Å². The van der Waals surface area contributed by atoms with Gasteiger partial charge in [0.2, 0.25) is 10.0 Å². The molecule has 2 amide bonds. The van der Waals surface area contributed by atoms with Crippen LogP contribution in [0.3, 0.4) is 0 Å². The van der Waals surface area contributed by atoms with Crippen molar-refractivity contribution in [2.45, 2.75) is 4.90 Å². The maximum Gasteiger partial charge on any atom is 0.321 e. The molecule has 0 aliphatic carbocycles. The molecular formula is C17H15FN2O6S. The standard InChI is InChI=1S/C17H15FN2O6S/c18-13-6-8-14(9-7-13)27(24,25)19-10-16(22)26-11-15(21)20-17(23)12-4-2-1-3-5-12/h1-9,19H,10-11H2,(H,20,21,23). The zero-order chi connectivity index (χ0) is 19.9. The Balaban J connectivity index is 1.78. The normalized spacial score (nSPS) is 10.9. The largest absolute Gasteiger partial charge is 0.455 e. The zero-order valence-corrected chi connectivity index (χ0v) is 14.7. The molecule has 0 heterocycles. The van der Waals surface area contributed by atoms with Crippen molar-refractivity contribution in [2.24, 2.45) is 0 Å². The average molecular weight is 394 g/mol. The molecular weight excluding hydrogens is 379 g/mol. The van der Waals surface area contributed by atoms with E-state index in [-0.39, 0.29) is 10.5 Å². The smallest absolute Gasteiger partial charge is 0.321 e. The molecule has 2 rings (SSSR count). The maximum atomic E-state index is 12.8. The SMILES string of the molecule is O=C(COC(=O)CNS(=O)(=O)c1ccc(F)cc1)NC(=O)c1ccccc1. The molecule has 8 nitrogen and oxygen atoms in total. The van der Waals surface area contributed by atoms with Crippen LogP contribution in [0.25, 0.3) is 0 Å². The van der Waals surface area contributed by atoms with Crippen LogP contribution >= 0.6 is 0 Å². The summed E-state index contributed by atoms with van der Waals surface area (Å²) in [6, 6.07) is 11.9. The third kappa shape index (κ3) is 6.28. The van der Waals surface area contributed by atoms with Gasteiger partial charge in [-0.2, -0.15) is 4.72 Å². The zero-order valence-electron chi connectivity index (χ0n) is 13.8. The number of nitrogens with one attached hydrogen (secondary N) is 2. The predicted molar refractivity (Wildman–Crippen MR) is 91.5 cm³/mol. The number of benzene rings is 2. The van der Waals surface area contributed by atoms with E-state index in [9.17, 15) is 27.2 Å². The van der Waals surface area contributed by atoms with Crippen LogP contribution in [0.5, 0.6) is 0 Å². The summed E-state index contributed by atoms with van der Waals surface area (Å²) in [7, 11) is -4.04. The van der Waals surface area contributed by atoms with E-state index in [1.807, 2.05) is 10.0 Å². The summed E-state index contributed by atoms with van der Waals surface area (Å²) in [5.74, 6) is -3.15. The minimum Gasteiger partial charge on any atom is -0.455 e. The summed E-state index contributed by atoms with van der Waals surface area (Å²) < 4.78 is 43.2. The maximum absolute atomic E-state index is 12.8. The molecule has 0 fully saturated rings. The lowest BCUT2D eigenvalue weighted by atomic mass is 10.2. The number of carbonyl (C=O) groups excluding carboxylic acids is 3. The molecule has 0 radical (unpaired) electrons. The molecule has 0 bridgehead atoms. The van der Waals surface area contributed by atoms with Gasteiger partial charge in [0.1, 0.15) is 12.4 Å². The molecule has 0 spiro atoms. The summed E-state index contributed by atoms with van der Waals surface area (Å²) in [6.45, 7) is -1.49. The van der Waals surface area contributed by atoms with E-state index in [2.05, 4.69) is 4.74 Å². The summed E-state index contributed by atoms with van der Waals surface area (Å²) in [5, 5.41) is 2.03. The third-order valence-corrected chi connectivity index (χ3v) is 4.60. The van der Waals surface area contributed by atoms with E-state index >= 15 is 0 Å². The fraction of sp³-hybridized carbons (Fsp3) is 0.118. The van der Waals surface area contributed by atoms with Gasteiger partial charge in [0, 0.05) is 5.56 Å². The summed E-state index contributed by atoms with van der Waals surface area (Å²) in [5.41, 5.74) is 0.254. The Bertz CT molecular complexity index is 930. The molecule has 27 heavy (non-hydrogen) atoms. The number of halogens is 1. The summed E-state index contributed by atoms with van der Waals surface area (Å²) in [4.78, 5) is 34.7. The quantitative estimate of drug-likeness (QED) is 0.664. The highest BCUT2D eigenvalue weighted by Crippen LogP contribution is 2.09. The average Bonchev–Trinajstić information content (AvgIpc) is 2.66. The fourth-order valence-electron chi connectivity index (χ4n) is 1.87. The van der Waals surface area contributed by atoms with Gasteiger partial charge in [-0.15, -0.1) is 0 Å². The van der Waals surface area contributed by atoms with Crippen LogP contribution in [-0.2, 0) is 24.3 Å². The van der Waals surface area contributed by atoms with Crippen molar-refractivity contribution in [3.63, 3.8) is 0 Å². The van der Waals surface area contributed by atoms with Crippen LogP contribution in [0.2, 0.25) is 0 Å². The number of amides is 2. The van der Waals surface area contributed by atoms with E-state index < -0.39 is 46.8 Å². The Labute approximate surface area is 154 Å². The number of carbonyl (C=O) groups is 3. The molecule has 2 aromatic rings. The van der Waals surface area contributed by atoms with Gasteiger partial charge in [-0.3, -0.25) is 19.7 Å². The Morgan fingerprint density at radius 3 is 2.22 bits per heavy atom. The highest BCUT2D eigenvalue weighted by molar-refractivity contribution is 7.89. The van der Waals surface area contributed by atoms with Crippen LogP contribution in [0.1, 0.15) is 10.4 Å². The Morgan fingerprint density at radius 2 is 1.59 bits per heavy atom. The number of hydrogen-bond acceptors (Lipinski definition) is 6. The summed E-state index contributed by atoms with van der Waals surface area (Å²) >= 11 is 0. The van der Waals surface area contributed by atoms with Crippen molar-refractivity contribution in [3.8, 4) is 0 Å². The highest BCUT2D eigenvalue weighted by Gasteiger charge is 2.17. The van der Waals surface area contributed by atoms with Gasteiger partial charge < -0.3 is 4.74 Å². The first-order chi connectivity index (χ1) is 12.8. The van der Waals surface area contributed by atoms with Gasteiger partial charge >= 0.3 is 5.97 Å². The van der Waals surface area contributed by atoms with E-state index in [0.717, 1.165) is 24.3 Å². The van der Waals surface area contributed by atoms with Crippen LogP contribution in [0, 0.1) is 5.82 Å². The highest BCUT2D eigenvalue weighted by atomic mass is 32.2. The minimum absolute atomic E-state index is 0.233. The number of imide groups is 1. The van der Waals surface area contributed by atoms with Crippen LogP contribution in [-0.4, -0.2) is 39.4 Å². The van der Waals surface area contributed by atoms with Crippen LogP contribution in [0.4, 0.5) is 4.39 Å². The van der Waals surface area contributed by atoms with Crippen LogP contribution in [0.15, 0.2) is 59.5 Å². The Hall–Kier alpha value is -3.11. The van der Waals surface area contributed by atoms with Gasteiger partial charge in [0.25, 0.3) is 11.8 Å². The fourth-order valence-corrected chi connectivity index (χ4v) is 2.84. The first kappa shape index (κ1) is 20.2. The lowest BCUT2D eigenvalue weighted by molar-refractivity contribution is -0.147. The van der Waals surface area contributed by atoms with Crippen molar-refractivity contribution in [1.29, 1.82) is 0 Å². The predicted octanol–water partition coefficient (Wildman–Crippen LogP) is 0.604. The lowest BCUT2D eigenvalue weighted by Gasteiger charge is -2.08. The Morgan fingerprint density at radius 1 is 0.963 bits per heavy atom. The second kappa shape index (κ2) is 9.01. The Kier molecular flexibility index (Phi) is 6.74. The van der Waals surface area contributed by atoms with Crippen molar-refractivity contribution in [1.82, 2.24) is 10.0 Å². The van der Waals surface area contributed by atoms with E-state index in [1.54, 1.807) is 18.2 Å². The molecule has 2 aromatic carbocycles. The molecule has 10 heteroatoms. The molecule has 0 aromatic heterocycles. The molecule has 0 unspecified atom stereocenters. The van der Waals surface area contributed by atoms with Crippen molar-refractivity contribution < 1.29 is 31.9 Å². The van der Waals surface area contributed by atoms with E-state index in [0.29, 0.717) is 0 Å². The van der Waals surface area contributed by atoms with Gasteiger partial charge in [0.05, 0.1) is 4.90 Å². The lowest BCUT2D eigenvalue weighted by Crippen LogP contribution is -2.36.